The van der Waals surface area contributed by atoms with Crippen LogP contribution in [-0.2, 0) is 0 Å². The number of amides is 1. The monoisotopic (exact) mass is 247 g/mol. The zero-order valence-corrected chi connectivity index (χ0v) is 10.2. The van der Waals surface area contributed by atoms with Gasteiger partial charge in [0.15, 0.2) is 5.13 Å². The van der Waals surface area contributed by atoms with E-state index in [9.17, 15) is 4.79 Å². The zero-order valence-electron chi connectivity index (χ0n) is 9.35. The summed E-state index contributed by atoms with van der Waals surface area (Å²) in [6.07, 6.45) is 2.23. The first-order valence-corrected chi connectivity index (χ1v) is 6.51. The van der Waals surface area contributed by atoms with E-state index in [1.807, 2.05) is 23.1 Å². The molecule has 3 rings (SSSR count). The van der Waals surface area contributed by atoms with Gasteiger partial charge in [-0.2, -0.15) is 0 Å². The lowest BCUT2D eigenvalue weighted by Crippen LogP contribution is -2.27. The molecule has 0 unspecified atom stereocenters. The van der Waals surface area contributed by atoms with Crippen molar-refractivity contribution in [3.63, 3.8) is 0 Å². The van der Waals surface area contributed by atoms with Crippen LogP contribution in [0, 0.1) is 0 Å². The molecule has 0 spiro atoms. The van der Waals surface area contributed by atoms with Gasteiger partial charge in [0.25, 0.3) is 5.91 Å². The Kier molecular flexibility index (Phi) is 2.48. The molecule has 1 fully saturated rings. The van der Waals surface area contributed by atoms with Crippen LogP contribution < -0.4 is 5.73 Å². The van der Waals surface area contributed by atoms with Gasteiger partial charge < -0.3 is 10.6 Å². The van der Waals surface area contributed by atoms with E-state index in [4.69, 9.17) is 5.73 Å². The third-order valence-electron chi connectivity index (χ3n) is 3.05. The summed E-state index contributed by atoms with van der Waals surface area (Å²) >= 11 is 1.42. The fraction of sp³-hybridized carbons (Fsp3) is 0.333. The summed E-state index contributed by atoms with van der Waals surface area (Å²) in [6, 6.07) is 5.59. The molecule has 2 heterocycles. The van der Waals surface area contributed by atoms with Crippen LogP contribution in [0.4, 0.5) is 5.13 Å². The number of thiazole rings is 1. The smallest absolute Gasteiger partial charge is 0.253 e. The Labute approximate surface area is 103 Å². The van der Waals surface area contributed by atoms with Crippen LogP contribution in [0.25, 0.3) is 10.2 Å². The molecular weight excluding hydrogens is 234 g/mol. The molecule has 0 bridgehead atoms. The normalized spacial score (nSPS) is 15.6. The number of hydrogen-bond acceptors (Lipinski definition) is 4. The van der Waals surface area contributed by atoms with Gasteiger partial charge in [-0.3, -0.25) is 4.79 Å². The number of carbonyl (C=O) groups excluding carboxylic acids is 1. The summed E-state index contributed by atoms with van der Waals surface area (Å²) in [7, 11) is 0. The molecule has 0 saturated carbocycles. The molecule has 17 heavy (non-hydrogen) atoms. The van der Waals surface area contributed by atoms with E-state index in [1.54, 1.807) is 0 Å². The number of rotatable bonds is 1. The van der Waals surface area contributed by atoms with Crippen LogP contribution in [0.15, 0.2) is 18.2 Å². The third-order valence-corrected chi connectivity index (χ3v) is 3.89. The summed E-state index contributed by atoms with van der Waals surface area (Å²) in [6.45, 7) is 1.75. The van der Waals surface area contributed by atoms with Gasteiger partial charge in [0, 0.05) is 18.7 Å². The molecule has 88 valence electrons. The lowest BCUT2D eigenvalue weighted by molar-refractivity contribution is 0.0793. The van der Waals surface area contributed by atoms with Gasteiger partial charge in [0.2, 0.25) is 0 Å². The van der Waals surface area contributed by atoms with Crippen molar-refractivity contribution in [2.75, 3.05) is 18.8 Å². The van der Waals surface area contributed by atoms with Gasteiger partial charge in [-0.15, -0.1) is 0 Å². The van der Waals surface area contributed by atoms with Crippen molar-refractivity contribution >= 4 is 32.6 Å². The Morgan fingerprint density at radius 1 is 1.35 bits per heavy atom. The molecule has 1 aromatic carbocycles. The molecule has 1 saturated heterocycles. The summed E-state index contributed by atoms with van der Waals surface area (Å²) in [5.74, 6) is 0.122. The van der Waals surface area contributed by atoms with Gasteiger partial charge in [0.05, 0.1) is 10.2 Å². The summed E-state index contributed by atoms with van der Waals surface area (Å²) in [5.41, 5.74) is 7.26. The van der Waals surface area contributed by atoms with Crippen molar-refractivity contribution in [3.8, 4) is 0 Å². The number of carbonyl (C=O) groups is 1. The highest BCUT2D eigenvalue weighted by Crippen LogP contribution is 2.25. The van der Waals surface area contributed by atoms with Crippen molar-refractivity contribution in [1.29, 1.82) is 0 Å². The molecule has 1 aromatic heterocycles. The molecule has 0 aliphatic carbocycles. The number of nitrogens with zero attached hydrogens (tertiary/aromatic N) is 2. The minimum Gasteiger partial charge on any atom is -0.375 e. The minimum absolute atomic E-state index is 0.122. The zero-order chi connectivity index (χ0) is 11.8. The van der Waals surface area contributed by atoms with Crippen LogP contribution >= 0.6 is 11.3 Å². The Morgan fingerprint density at radius 3 is 2.88 bits per heavy atom. The number of fused-ring (bicyclic) bond motifs is 1. The van der Waals surface area contributed by atoms with Crippen LogP contribution in [0.1, 0.15) is 23.2 Å². The van der Waals surface area contributed by atoms with Crippen LogP contribution in [0.2, 0.25) is 0 Å². The highest BCUT2D eigenvalue weighted by Gasteiger charge is 2.19. The molecule has 0 radical (unpaired) electrons. The van der Waals surface area contributed by atoms with E-state index in [-0.39, 0.29) is 5.91 Å². The minimum atomic E-state index is 0.122. The molecule has 4 nitrogen and oxygen atoms in total. The summed E-state index contributed by atoms with van der Waals surface area (Å²) < 4.78 is 0.979. The molecule has 2 aromatic rings. The van der Waals surface area contributed by atoms with Crippen molar-refractivity contribution in [3.05, 3.63) is 23.8 Å². The van der Waals surface area contributed by atoms with Crippen LogP contribution in [0.5, 0.6) is 0 Å². The fourth-order valence-corrected chi connectivity index (χ4v) is 2.95. The molecule has 1 aliphatic heterocycles. The largest absolute Gasteiger partial charge is 0.375 e. The Morgan fingerprint density at radius 2 is 2.12 bits per heavy atom. The Hall–Kier alpha value is -1.62. The number of likely N-dealkylation sites (tertiary alicyclic amines) is 1. The van der Waals surface area contributed by atoms with Crippen LogP contribution in [0.3, 0.4) is 0 Å². The second kappa shape index (κ2) is 4.00. The summed E-state index contributed by atoms with van der Waals surface area (Å²) in [4.78, 5) is 18.3. The Balaban J connectivity index is 1.96. The second-order valence-electron chi connectivity index (χ2n) is 4.23. The van der Waals surface area contributed by atoms with E-state index < -0.39 is 0 Å². The lowest BCUT2D eigenvalue weighted by atomic mass is 10.2. The summed E-state index contributed by atoms with van der Waals surface area (Å²) in [5, 5.41) is 0.547. The SMILES string of the molecule is Nc1nc2ccc(C(=O)N3CCCC3)cc2s1. The average Bonchev–Trinajstić information content (AvgIpc) is 2.94. The van der Waals surface area contributed by atoms with Crippen LogP contribution in [-0.4, -0.2) is 28.9 Å². The molecule has 5 heteroatoms. The Bertz CT molecular complexity index is 572. The van der Waals surface area contributed by atoms with Crippen molar-refractivity contribution < 1.29 is 4.79 Å². The van der Waals surface area contributed by atoms with E-state index >= 15 is 0 Å². The fourth-order valence-electron chi connectivity index (χ4n) is 2.18. The van der Waals surface area contributed by atoms with Gasteiger partial charge in [-0.25, -0.2) is 4.98 Å². The van der Waals surface area contributed by atoms with Gasteiger partial charge in [0.1, 0.15) is 0 Å². The maximum Gasteiger partial charge on any atom is 0.253 e. The first-order valence-electron chi connectivity index (χ1n) is 5.69. The highest BCUT2D eigenvalue weighted by atomic mass is 32.1. The molecular formula is C12H13N3OS. The van der Waals surface area contributed by atoms with Gasteiger partial charge >= 0.3 is 0 Å². The predicted octanol–water partition coefficient (Wildman–Crippen LogP) is 2.11. The topological polar surface area (TPSA) is 59.2 Å². The number of benzene rings is 1. The van der Waals surface area contributed by atoms with E-state index in [2.05, 4.69) is 4.98 Å². The number of nitrogens with two attached hydrogens (primary N) is 1. The van der Waals surface area contributed by atoms with E-state index in [0.29, 0.717) is 5.13 Å². The van der Waals surface area contributed by atoms with E-state index in [1.165, 1.54) is 11.3 Å². The van der Waals surface area contributed by atoms with E-state index in [0.717, 1.165) is 41.7 Å². The standard InChI is InChI=1S/C12H13N3OS/c13-12-14-9-4-3-8(7-10(9)17-12)11(16)15-5-1-2-6-15/h3-4,7H,1-2,5-6H2,(H2,13,14). The maximum atomic E-state index is 12.2. The molecule has 2 N–H and O–H groups in total. The quantitative estimate of drug-likeness (QED) is 0.839. The predicted molar refractivity (Wildman–Crippen MR) is 69.2 cm³/mol. The highest BCUT2D eigenvalue weighted by molar-refractivity contribution is 7.22. The first kappa shape index (κ1) is 10.5. The molecule has 1 aliphatic rings. The van der Waals surface area contributed by atoms with Crippen molar-refractivity contribution in [2.45, 2.75) is 12.8 Å². The lowest BCUT2D eigenvalue weighted by Gasteiger charge is -2.14. The number of aromatic nitrogens is 1. The first-order chi connectivity index (χ1) is 8.24. The number of anilines is 1. The van der Waals surface area contributed by atoms with Crippen molar-refractivity contribution in [2.24, 2.45) is 0 Å². The number of hydrogen-bond donors (Lipinski definition) is 1. The van der Waals surface area contributed by atoms with Gasteiger partial charge in [-0.1, -0.05) is 11.3 Å². The second-order valence-corrected chi connectivity index (χ2v) is 5.30. The molecule has 1 amide bonds. The number of nitrogen functional groups attached to an aromatic ring is 1. The molecule has 0 atom stereocenters. The average molecular weight is 247 g/mol. The maximum absolute atomic E-state index is 12.2. The van der Waals surface area contributed by atoms with Crippen molar-refractivity contribution in [1.82, 2.24) is 9.88 Å². The van der Waals surface area contributed by atoms with Gasteiger partial charge in [-0.05, 0) is 31.0 Å². The third kappa shape index (κ3) is 1.86.